The molecule has 0 aliphatic carbocycles. The maximum atomic E-state index is 12.8. The predicted molar refractivity (Wildman–Crippen MR) is 110 cm³/mol. The van der Waals surface area contributed by atoms with E-state index in [2.05, 4.69) is 4.90 Å². The number of piperidine rings is 2. The van der Waals surface area contributed by atoms with E-state index in [4.69, 9.17) is 0 Å². The molecule has 0 radical (unpaired) electrons. The predicted octanol–water partition coefficient (Wildman–Crippen LogP) is 2.41. The zero-order valence-electron chi connectivity index (χ0n) is 16.4. The Labute approximate surface area is 167 Å². The lowest BCUT2D eigenvalue weighted by molar-refractivity contribution is 0.0651. The highest BCUT2D eigenvalue weighted by molar-refractivity contribution is 7.88. The molecular weight excluding hydrogens is 382 g/mol. The Balaban J connectivity index is 1.65. The molecule has 1 aromatic heterocycles. The number of carbonyl (C=O) groups is 1. The van der Waals surface area contributed by atoms with E-state index in [-0.39, 0.29) is 11.9 Å². The van der Waals surface area contributed by atoms with Crippen LogP contribution in [0.4, 0.5) is 0 Å². The summed E-state index contributed by atoms with van der Waals surface area (Å²) in [6, 6.07) is 3.71. The number of thiophene rings is 1. The first kappa shape index (κ1) is 20.8. The summed E-state index contributed by atoms with van der Waals surface area (Å²) in [7, 11) is -3.30. The molecule has 3 heterocycles. The van der Waals surface area contributed by atoms with Crippen molar-refractivity contribution in [2.45, 2.75) is 45.1 Å². The molecular formula is C19H31N3O3S2. The number of sulfonamides is 1. The Bertz CT molecular complexity index is 741. The highest BCUT2D eigenvalue weighted by Crippen LogP contribution is 2.23. The van der Waals surface area contributed by atoms with Gasteiger partial charge < -0.3 is 9.80 Å². The smallest absolute Gasteiger partial charge is 0.263 e. The number of aryl methyl sites for hydroxylation is 1. The molecule has 0 bridgehead atoms. The van der Waals surface area contributed by atoms with Gasteiger partial charge in [0.15, 0.2) is 0 Å². The summed E-state index contributed by atoms with van der Waals surface area (Å²) in [4.78, 5) is 18.9. The molecule has 0 aromatic carbocycles. The van der Waals surface area contributed by atoms with E-state index in [9.17, 15) is 13.2 Å². The van der Waals surface area contributed by atoms with Gasteiger partial charge in [0.25, 0.3) is 5.91 Å². The average Bonchev–Trinajstić information content (AvgIpc) is 3.08. The van der Waals surface area contributed by atoms with E-state index in [0.29, 0.717) is 19.6 Å². The van der Waals surface area contributed by atoms with Crippen molar-refractivity contribution in [2.75, 3.05) is 45.5 Å². The summed E-state index contributed by atoms with van der Waals surface area (Å²) >= 11 is 1.50. The van der Waals surface area contributed by atoms with Gasteiger partial charge in [-0.05, 0) is 57.8 Å². The summed E-state index contributed by atoms with van der Waals surface area (Å²) < 4.78 is 26.6. The first-order chi connectivity index (χ1) is 12.8. The second-order valence-corrected chi connectivity index (χ2v) is 11.0. The molecule has 152 valence electrons. The van der Waals surface area contributed by atoms with Crippen molar-refractivity contribution >= 4 is 27.3 Å². The van der Waals surface area contributed by atoms with E-state index in [1.807, 2.05) is 24.0 Å². The number of likely N-dealkylation sites (tertiary alicyclic amines) is 2. The van der Waals surface area contributed by atoms with E-state index in [1.54, 1.807) is 4.31 Å². The molecule has 1 unspecified atom stereocenters. The fraction of sp³-hybridized carbons (Fsp3) is 0.737. The lowest BCUT2D eigenvalue weighted by Gasteiger charge is -2.39. The molecule has 1 amide bonds. The van der Waals surface area contributed by atoms with Crippen LogP contribution in [0.1, 0.15) is 46.7 Å². The van der Waals surface area contributed by atoms with Gasteiger partial charge in [-0.3, -0.25) is 4.79 Å². The standard InChI is InChI=1S/C19H31N3O3S2/c1-16-8-9-18(26-16)19(23)21-12-6-7-17(15-21)22(27(2,24)25)14-13-20-10-4-3-5-11-20/h8-9,17H,3-7,10-15H2,1-2H3. The van der Waals surface area contributed by atoms with Gasteiger partial charge in [-0.25, -0.2) is 8.42 Å². The molecule has 1 aromatic rings. The summed E-state index contributed by atoms with van der Waals surface area (Å²) in [5.41, 5.74) is 0. The minimum Gasteiger partial charge on any atom is -0.336 e. The molecule has 1 atom stereocenters. The molecule has 6 nitrogen and oxygen atoms in total. The van der Waals surface area contributed by atoms with Crippen molar-refractivity contribution in [3.05, 3.63) is 21.9 Å². The first-order valence-corrected chi connectivity index (χ1v) is 12.6. The first-order valence-electron chi connectivity index (χ1n) is 9.89. The number of rotatable bonds is 6. The molecule has 2 aliphatic rings. The number of amides is 1. The summed E-state index contributed by atoms with van der Waals surface area (Å²) in [6.45, 7) is 6.60. The van der Waals surface area contributed by atoms with Gasteiger partial charge in [-0.15, -0.1) is 11.3 Å². The fourth-order valence-corrected chi connectivity index (χ4v) is 6.08. The zero-order chi connectivity index (χ0) is 19.4. The third kappa shape index (κ3) is 5.53. The minimum atomic E-state index is -3.30. The van der Waals surface area contributed by atoms with Crippen LogP contribution in [0, 0.1) is 6.92 Å². The van der Waals surface area contributed by atoms with Crippen molar-refractivity contribution in [1.29, 1.82) is 0 Å². The van der Waals surface area contributed by atoms with Crippen molar-refractivity contribution in [3.63, 3.8) is 0 Å². The summed E-state index contributed by atoms with van der Waals surface area (Å²) in [6.07, 6.45) is 6.63. The van der Waals surface area contributed by atoms with Crippen LogP contribution in [-0.2, 0) is 10.0 Å². The normalized spacial score (nSPS) is 22.3. The molecule has 2 saturated heterocycles. The Morgan fingerprint density at radius 2 is 1.93 bits per heavy atom. The van der Waals surface area contributed by atoms with Crippen LogP contribution in [0.5, 0.6) is 0 Å². The SMILES string of the molecule is Cc1ccc(C(=O)N2CCCC(N(CCN3CCCCC3)S(C)(=O)=O)C2)s1. The van der Waals surface area contributed by atoms with Crippen molar-refractivity contribution in [3.8, 4) is 0 Å². The number of nitrogens with zero attached hydrogens (tertiary/aromatic N) is 3. The maximum Gasteiger partial charge on any atom is 0.263 e. The van der Waals surface area contributed by atoms with Crippen LogP contribution in [0.2, 0.25) is 0 Å². The topological polar surface area (TPSA) is 60.9 Å². The van der Waals surface area contributed by atoms with Crippen molar-refractivity contribution in [1.82, 2.24) is 14.1 Å². The van der Waals surface area contributed by atoms with Gasteiger partial charge >= 0.3 is 0 Å². The highest BCUT2D eigenvalue weighted by Gasteiger charge is 2.33. The Kier molecular flexibility index (Phi) is 6.94. The highest BCUT2D eigenvalue weighted by atomic mass is 32.2. The molecule has 0 spiro atoms. The van der Waals surface area contributed by atoms with Crippen LogP contribution in [0.25, 0.3) is 0 Å². The minimum absolute atomic E-state index is 0.0299. The van der Waals surface area contributed by atoms with Gasteiger partial charge in [0, 0.05) is 37.1 Å². The van der Waals surface area contributed by atoms with E-state index < -0.39 is 10.0 Å². The number of hydrogen-bond acceptors (Lipinski definition) is 5. The molecule has 27 heavy (non-hydrogen) atoms. The Morgan fingerprint density at radius 3 is 2.56 bits per heavy atom. The second kappa shape index (κ2) is 9.03. The molecule has 8 heteroatoms. The number of hydrogen-bond donors (Lipinski definition) is 0. The van der Waals surface area contributed by atoms with Crippen LogP contribution < -0.4 is 0 Å². The van der Waals surface area contributed by atoms with E-state index in [1.165, 1.54) is 36.9 Å². The van der Waals surface area contributed by atoms with E-state index >= 15 is 0 Å². The van der Waals surface area contributed by atoms with Crippen LogP contribution in [0.3, 0.4) is 0 Å². The monoisotopic (exact) mass is 413 g/mol. The summed E-state index contributed by atoms with van der Waals surface area (Å²) in [5, 5.41) is 0. The third-order valence-electron chi connectivity index (χ3n) is 5.55. The summed E-state index contributed by atoms with van der Waals surface area (Å²) in [5.74, 6) is 0.0299. The van der Waals surface area contributed by atoms with Gasteiger partial charge in [-0.1, -0.05) is 6.42 Å². The fourth-order valence-electron chi connectivity index (χ4n) is 4.12. The molecule has 0 N–H and O–H groups in total. The van der Waals surface area contributed by atoms with Gasteiger partial charge in [-0.2, -0.15) is 4.31 Å². The largest absolute Gasteiger partial charge is 0.336 e. The average molecular weight is 414 g/mol. The molecule has 3 rings (SSSR count). The molecule has 2 aliphatic heterocycles. The van der Waals surface area contributed by atoms with Gasteiger partial charge in [0.1, 0.15) is 0 Å². The van der Waals surface area contributed by atoms with Crippen LogP contribution in [-0.4, -0.2) is 80.0 Å². The zero-order valence-corrected chi connectivity index (χ0v) is 18.0. The number of carbonyl (C=O) groups excluding carboxylic acids is 1. The Hall–Kier alpha value is -0.960. The lowest BCUT2D eigenvalue weighted by Crippen LogP contribution is -2.53. The Morgan fingerprint density at radius 1 is 1.19 bits per heavy atom. The quantitative estimate of drug-likeness (QED) is 0.719. The van der Waals surface area contributed by atoms with Crippen molar-refractivity contribution < 1.29 is 13.2 Å². The van der Waals surface area contributed by atoms with Gasteiger partial charge in [0.2, 0.25) is 10.0 Å². The van der Waals surface area contributed by atoms with Gasteiger partial charge in [0.05, 0.1) is 11.1 Å². The van der Waals surface area contributed by atoms with E-state index in [0.717, 1.165) is 42.2 Å². The molecule has 0 saturated carbocycles. The lowest BCUT2D eigenvalue weighted by atomic mass is 10.1. The maximum absolute atomic E-state index is 12.8. The van der Waals surface area contributed by atoms with Crippen molar-refractivity contribution in [2.24, 2.45) is 0 Å². The molecule has 2 fully saturated rings. The van der Waals surface area contributed by atoms with Crippen LogP contribution >= 0.6 is 11.3 Å². The van der Waals surface area contributed by atoms with Crippen LogP contribution in [0.15, 0.2) is 12.1 Å². The second-order valence-electron chi connectivity index (χ2n) is 7.73. The third-order valence-corrected chi connectivity index (χ3v) is 7.87.